The second-order valence-corrected chi connectivity index (χ2v) is 9.87. The number of alkyl halides is 3. The smallest absolute Gasteiger partial charge is 0.433 e. The molecule has 0 fully saturated rings. The van der Waals surface area contributed by atoms with Gasteiger partial charge < -0.3 is 9.72 Å². The lowest BCUT2D eigenvalue weighted by Gasteiger charge is -2.11. The van der Waals surface area contributed by atoms with E-state index in [9.17, 15) is 18.0 Å². The summed E-state index contributed by atoms with van der Waals surface area (Å²) in [5.74, 6) is 1.11. The fraction of sp³-hybridized carbons (Fsp3) is 0.304. The molecule has 0 unspecified atom stereocenters. The van der Waals surface area contributed by atoms with Crippen LogP contribution in [0.15, 0.2) is 40.3 Å². The normalized spacial score (nSPS) is 13.8. The first kappa shape index (κ1) is 22.9. The third-order valence-corrected chi connectivity index (χ3v) is 7.64. The maximum Gasteiger partial charge on any atom is 0.433 e. The highest BCUT2D eigenvalue weighted by Crippen LogP contribution is 2.35. The summed E-state index contributed by atoms with van der Waals surface area (Å²) >= 11 is 2.53. The number of benzene rings is 1. The van der Waals surface area contributed by atoms with Gasteiger partial charge in [-0.05, 0) is 61.6 Å². The molecule has 0 saturated carbocycles. The number of nitrogens with zero attached hydrogens (tertiary/aromatic N) is 3. The number of thioether (sulfide) groups is 1. The predicted octanol–water partition coefficient (Wildman–Crippen LogP) is 5.64. The first-order valence-corrected chi connectivity index (χ1v) is 12.4. The van der Waals surface area contributed by atoms with E-state index in [0.717, 1.165) is 49.1 Å². The van der Waals surface area contributed by atoms with Gasteiger partial charge in [0, 0.05) is 10.4 Å². The van der Waals surface area contributed by atoms with Crippen LogP contribution >= 0.6 is 23.1 Å². The van der Waals surface area contributed by atoms with Crippen molar-refractivity contribution in [3.8, 4) is 17.0 Å². The molecule has 0 aliphatic heterocycles. The van der Waals surface area contributed by atoms with E-state index in [1.807, 2.05) is 0 Å². The number of H-pyrrole nitrogens is 1. The standard InChI is InChI=1S/C23H19F3N4O2S2/c1-32-13-8-6-12(7-9-13)15-10-17(23(24,25)26)28-22(27-15)33-11-18-29-20(31)19-14-4-2-3-5-16(14)34-21(19)30-18/h6-10H,2-5,11H2,1H3,(H,29,30,31). The summed E-state index contributed by atoms with van der Waals surface area (Å²) in [4.78, 5) is 30.0. The van der Waals surface area contributed by atoms with E-state index in [-0.39, 0.29) is 22.2 Å². The van der Waals surface area contributed by atoms with E-state index in [0.29, 0.717) is 27.4 Å². The lowest BCUT2D eigenvalue weighted by Crippen LogP contribution is -2.13. The Labute approximate surface area is 200 Å². The number of nitrogens with one attached hydrogen (secondary N) is 1. The van der Waals surface area contributed by atoms with Gasteiger partial charge >= 0.3 is 6.18 Å². The number of hydrogen-bond acceptors (Lipinski definition) is 7. The van der Waals surface area contributed by atoms with E-state index in [2.05, 4.69) is 19.9 Å². The third kappa shape index (κ3) is 4.54. The molecule has 1 N–H and O–H groups in total. The molecule has 3 heterocycles. The Morgan fingerprint density at radius 1 is 1.12 bits per heavy atom. The van der Waals surface area contributed by atoms with E-state index < -0.39 is 11.9 Å². The summed E-state index contributed by atoms with van der Waals surface area (Å²) in [5, 5.41) is 0.597. The minimum atomic E-state index is -4.62. The molecule has 5 rings (SSSR count). The highest BCUT2D eigenvalue weighted by Gasteiger charge is 2.34. The number of aromatic amines is 1. The van der Waals surface area contributed by atoms with Gasteiger partial charge in [-0.2, -0.15) is 13.2 Å². The maximum atomic E-state index is 13.5. The number of aromatic nitrogens is 4. The zero-order chi connectivity index (χ0) is 23.9. The number of hydrogen-bond donors (Lipinski definition) is 1. The van der Waals surface area contributed by atoms with Gasteiger partial charge in [-0.1, -0.05) is 11.8 Å². The molecule has 6 nitrogen and oxygen atoms in total. The van der Waals surface area contributed by atoms with Gasteiger partial charge in [-0.25, -0.2) is 15.0 Å². The Bertz CT molecular complexity index is 1410. The number of rotatable bonds is 5. The van der Waals surface area contributed by atoms with Gasteiger partial charge in [-0.15, -0.1) is 11.3 Å². The minimum absolute atomic E-state index is 0.0473. The van der Waals surface area contributed by atoms with Crippen LogP contribution in [-0.4, -0.2) is 27.0 Å². The van der Waals surface area contributed by atoms with Gasteiger partial charge in [0.2, 0.25) is 0 Å². The molecule has 34 heavy (non-hydrogen) atoms. The Hall–Kier alpha value is -2.92. The molecule has 3 aromatic heterocycles. The zero-order valence-electron chi connectivity index (χ0n) is 18.0. The van der Waals surface area contributed by atoms with Crippen molar-refractivity contribution >= 4 is 33.3 Å². The van der Waals surface area contributed by atoms with Crippen LogP contribution in [0.1, 0.15) is 34.8 Å². The first-order chi connectivity index (χ1) is 16.3. The molecule has 1 aliphatic rings. The summed E-state index contributed by atoms with van der Waals surface area (Å²) in [6.45, 7) is 0. The Kier molecular flexibility index (Phi) is 6.07. The molecule has 0 radical (unpaired) electrons. The molecule has 1 aromatic carbocycles. The van der Waals surface area contributed by atoms with Crippen LogP contribution < -0.4 is 10.3 Å². The van der Waals surface area contributed by atoms with Crippen molar-refractivity contribution in [2.24, 2.45) is 0 Å². The minimum Gasteiger partial charge on any atom is -0.497 e. The highest BCUT2D eigenvalue weighted by molar-refractivity contribution is 7.98. The van der Waals surface area contributed by atoms with Crippen LogP contribution in [0.25, 0.3) is 21.5 Å². The predicted molar refractivity (Wildman–Crippen MR) is 125 cm³/mol. The number of thiophene rings is 1. The average Bonchev–Trinajstić information content (AvgIpc) is 3.21. The zero-order valence-corrected chi connectivity index (χ0v) is 19.7. The van der Waals surface area contributed by atoms with Gasteiger partial charge in [-0.3, -0.25) is 4.79 Å². The molecule has 0 spiro atoms. The summed E-state index contributed by atoms with van der Waals surface area (Å²) in [6.07, 6.45) is -0.642. The van der Waals surface area contributed by atoms with Crippen molar-refractivity contribution < 1.29 is 17.9 Å². The summed E-state index contributed by atoms with van der Waals surface area (Å²) < 4.78 is 45.6. The molecule has 176 valence electrons. The summed E-state index contributed by atoms with van der Waals surface area (Å²) in [5.41, 5.74) is 0.509. The Morgan fingerprint density at radius 3 is 2.62 bits per heavy atom. The molecule has 0 atom stereocenters. The molecule has 4 aromatic rings. The van der Waals surface area contributed by atoms with Crippen molar-refractivity contribution in [2.45, 2.75) is 42.8 Å². The summed E-state index contributed by atoms with van der Waals surface area (Å²) in [6, 6.07) is 7.51. The molecular weight excluding hydrogens is 485 g/mol. The molecule has 0 amide bonds. The number of halogens is 3. The van der Waals surface area contributed by atoms with E-state index in [1.165, 1.54) is 23.3 Å². The van der Waals surface area contributed by atoms with Crippen LogP contribution in [0.3, 0.4) is 0 Å². The second kappa shape index (κ2) is 9.03. The first-order valence-electron chi connectivity index (χ1n) is 10.6. The number of methoxy groups -OCH3 is 1. The second-order valence-electron chi connectivity index (χ2n) is 7.84. The third-order valence-electron chi connectivity index (χ3n) is 5.59. The van der Waals surface area contributed by atoms with Crippen molar-refractivity contribution in [1.82, 2.24) is 19.9 Å². The average molecular weight is 505 g/mol. The van der Waals surface area contributed by atoms with Crippen molar-refractivity contribution in [3.05, 3.63) is 62.6 Å². The van der Waals surface area contributed by atoms with Gasteiger partial charge in [0.1, 0.15) is 22.1 Å². The molecule has 1 aliphatic carbocycles. The number of aryl methyl sites for hydroxylation is 2. The molecular formula is C23H19F3N4O2S2. The van der Waals surface area contributed by atoms with Crippen LogP contribution in [-0.2, 0) is 24.8 Å². The van der Waals surface area contributed by atoms with Gasteiger partial charge in [0.25, 0.3) is 5.56 Å². The molecule has 0 bridgehead atoms. The van der Waals surface area contributed by atoms with E-state index >= 15 is 0 Å². The molecule has 11 heteroatoms. The van der Waals surface area contributed by atoms with Crippen molar-refractivity contribution in [1.29, 1.82) is 0 Å². The summed E-state index contributed by atoms with van der Waals surface area (Å²) in [7, 11) is 1.51. The fourth-order valence-electron chi connectivity index (χ4n) is 3.95. The van der Waals surface area contributed by atoms with Crippen LogP contribution in [0.5, 0.6) is 5.75 Å². The Balaban J connectivity index is 1.45. The number of fused-ring (bicyclic) bond motifs is 3. The highest BCUT2D eigenvalue weighted by atomic mass is 32.2. The topological polar surface area (TPSA) is 80.8 Å². The largest absolute Gasteiger partial charge is 0.497 e. The maximum absolute atomic E-state index is 13.5. The van der Waals surface area contributed by atoms with Crippen molar-refractivity contribution in [2.75, 3.05) is 7.11 Å². The fourth-order valence-corrected chi connectivity index (χ4v) is 5.96. The van der Waals surface area contributed by atoms with Crippen LogP contribution in [0, 0.1) is 0 Å². The van der Waals surface area contributed by atoms with Gasteiger partial charge in [0.05, 0.1) is 23.9 Å². The quantitative estimate of drug-likeness (QED) is 0.280. The SMILES string of the molecule is COc1ccc(-c2cc(C(F)(F)F)nc(SCc3nc4sc5c(c4c(=O)[nH]3)CCCC5)n2)cc1. The van der Waals surface area contributed by atoms with E-state index in [1.54, 1.807) is 24.3 Å². The van der Waals surface area contributed by atoms with E-state index in [4.69, 9.17) is 4.74 Å². The van der Waals surface area contributed by atoms with Gasteiger partial charge in [0.15, 0.2) is 5.16 Å². The van der Waals surface area contributed by atoms with Crippen LogP contribution in [0.4, 0.5) is 13.2 Å². The van der Waals surface area contributed by atoms with Crippen LogP contribution in [0.2, 0.25) is 0 Å². The Morgan fingerprint density at radius 2 is 1.88 bits per heavy atom. The monoisotopic (exact) mass is 504 g/mol. The lowest BCUT2D eigenvalue weighted by molar-refractivity contribution is -0.141. The lowest BCUT2D eigenvalue weighted by atomic mass is 9.97. The number of ether oxygens (including phenoxy) is 1. The van der Waals surface area contributed by atoms with Crippen molar-refractivity contribution in [3.63, 3.8) is 0 Å². The molecule has 0 saturated heterocycles.